The average Bonchev–Trinajstić information content (AvgIpc) is 3.22. The fourth-order valence-electron chi connectivity index (χ4n) is 8.32. The molecule has 4 aliphatic rings. The summed E-state index contributed by atoms with van der Waals surface area (Å²) in [5.74, 6) is -5.51. The normalized spacial score (nSPS) is 42.1. The predicted molar refractivity (Wildman–Crippen MR) is 199 cm³/mol. The number of amides is 1. The number of methoxy groups -OCH3 is 1. The van der Waals surface area contributed by atoms with Gasteiger partial charge in [0, 0.05) is 13.3 Å². The maximum absolute atomic E-state index is 13.8. The van der Waals surface area contributed by atoms with Crippen molar-refractivity contribution in [2.45, 2.75) is 157 Å². The van der Waals surface area contributed by atoms with Crippen LogP contribution in [0.25, 0.3) is 0 Å². The van der Waals surface area contributed by atoms with Crippen LogP contribution in [0, 0.1) is 11.8 Å². The molecule has 0 aromatic heterocycles. The van der Waals surface area contributed by atoms with Crippen LogP contribution in [0.2, 0.25) is 0 Å². The Morgan fingerprint density at radius 2 is 1.57 bits per heavy atom. The first kappa shape index (κ1) is 48.1. The molecule has 3 heterocycles. The van der Waals surface area contributed by atoms with E-state index in [1.54, 1.807) is 25.1 Å². The third kappa shape index (κ3) is 10.8. The minimum atomic E-state index is -2.03. The summed E-state index contributed by atoms with van der Waals surface area (Å²) in [7, 11) is 1.21. The third-order valence-corrected chi connectivity index (χ3v) is 11.5. The summed E-state index contributed by atoms with van der Waals surface area (Å²) in [4.78, 5) is 38.8. The minimum Gasteiger partial charge on any atom is -0.469 e. The molecule has 1 aromatic rings. The van der Waals surface area contributed by atoms with Crippen LogP contribution in [-0.4, -0.2) is 194 Å². The molecule has 5 rings (SSSR count). The maximum atomic E-state index is 13.8. The Morgan fingerprint density at radius 3 is 2.18 bits per heavy atom. The van der Waals surface area contributed by atoms with Crippen LogP contribution < -0.4 is 5.32 Å². The molecule has 20 atom stereocenters. The topological polar surface area (TPSA) is 319 Å². The lowest BCUT2D eigenvalue weighted by Gasteiger charge is -2.51. The Labute approximate surface area is 346 Å². The van der Waals surface area contributed by atoms with Crippen LogP contribution in [-0.2, 0) is 47.5 Å². The summed E-state index contributed by atoms with van der Waals surface area (Å²) < 4.78 is 48.1. The second-order valence-corrected chi connectivity index (χ2v) is 16.1. The van der Waals surface area contributed by atoms with Crippen molar-refractivity contribution in [3.05, 3.63) is 35.9 Å². The number of hydrogen-bond acceptors (Lipinski definition) is 20. The predicted octanol–water partition coefficient (Wildman–Crippen LogP) is -3.42. The highest BCUT2D eigenvalue weighted by Crippen LogP contribution is 2.41. The van der Waals surface area contributed by atoms with Crippen LogP contribution in [0.4, 0.5) is 0 Å². The standard InChI is InChI=1S/C39H59NO20/c1-16-11-20(35(51)53-5)12-23(31(16)58-37-30(50)29(49)26(46)17(2)54-37)55-38-34(57-36(52)19-9-7-6-8-10-19)33(28(48)24(15-42)56-38)60-39(4)13-21(44)25(40-18(3)43)32(59-39)27(47)22(45)14-41/h6-10,16-17,20-34,37-38,41-42,44-50H,11-15H2,1-5H3,(H,40,43)/t16?,17?,20?,21?,22-,23?,24?,25?,26?,27-,28?,29?,30?,31?,32?,33?,34?,37?,38?,39?/m1/s1. The molecule has 21 heteroatoms. The highest BCUT2D eigenvalue weighted by atomic mass is 16.8. The Kier molecular flexibility index (Phi) is 16.4. The van der Waals surface area contributed by atoms with Crippen LogP contribution >= 0.6 is 0 Å². The summed E-state index contributed by atoms with van der Waals surface area (Å²) in [6.45, 7) is 3.88. The van der Waals surface area contributed by atoms with E-state index < -0.39 is 159 Å². The third-order valence-electron chi connectivity index (χ3n) is 11.5. The highest BCUT2D eigenvalue weighted by Gasteiger charge is 2.57. The number of carbonyl (C=O) groups excluding carboxylic acids is 3. The summed E-state index contributed by atoms with van der Waals surface area (Å²) >= 11 is 0. The quantitative estimate of drug-likeness (QED) is 0.0815. The van der Waals surface area contributed by atoms with Gasteiger partial charge in [0.1, 0.15) is 54.9 Å². The van der Waals surface area contributed by atoms with Gasteiger partial charge in [-0.25, -0.2) is 4.79 Å². The number of carbonyl (C=O) groups is 3. The van der Waals surface area contributed by atoms with E-state index in [1.165, 1.54) is 33.1 Å². The van der Waals surface area contributed by atoms with Crippen molar-refractivity contribution in [3.63, 3.8) is 0 Å². The molecule has 10 N–H and O–H groups in total. The zero-order valence-corrected chi connectivity index (χ0v) is 33.9. The second kappa shape index (κ2) is 20.5. The smallest absolute Gasteiger partial charge is 0.338 e. The zero-order chi connectivity index (χ0) is 44.2. The van der Waals surface area contributed by atoms with Crippen molar-refractivity contribution in [2.24, 2.45) is 11.8 Å². The van der Waals surface area contributed by atoms with Crippen molar-refractivity contribution >= 4 is 17.8 Å². The summed E-state index contributed by atoms with van der Waals surface area (Å²) in [5, 5.41) is 98.6. The molecule has 0 bridgehead atoms. The molecule has 18 unspecified atom stereocenters. The number of nitrogens with one attached hydrogen (secondary N) is 1. The van der Waals surface area contributed by atoms with Crippen molar-refractivity contribution in [3.8, 4) is 0 Å². The van der Waals surface area contributed by atoms with E-state index in [-0.39, 0.29) is 18.4 Å². The van der Waals surface area contributed by atoms with Gasteiger partial charge < -0.3 is 89.2 Å². The van der Waals surface area contributed by atoms with Gasteiger partial charge in [-0.3, -0.25) is 9.59 Å². The molecule has 4 fully saturated rings. The highest BCUT2D eigenvalue weighted by molar-refractivity contribution is 5.89. The number of rotatable bonds is 14. The van der Waals surface area contributed by atoms with Gasteiger partial charge in [-0.05, 0) is 44.7 Å². The van der Waals surface area contributed by atoms with Crippen molar-refractivity contribution in [1.29, 1.82) is 0 Å². The molecule has 1 aliphatic carbocycles. The molecule has 0 spiro atoms. The summed E-state index contributed by atoms with van der Waals surface area (Å²) in [5.41, 5.74) is 0.0557. The largest absolute Gasteiger partial charge is 0.469 e. The molecule has 3 aliphatic heterocycles. The summed E-state index contributed by atoms with van der Waals surface area (Å²) in [6.07, 6.45) is -25.2. The van der Waals surface area contributed by atoms with E-state index in [2.05, 4.69) is 5.32 Å². The van der Waals surface area contributed by atoms with Crippen molar-refractivity contribution in [2.75, 3.05) is 20.3 Å². The van der Waals surface area contributed by atoms with Crippen LogP contribution in [0.15, 0.2) is 30.3 Å². The average molecular weight is 862 g/mol. The summed E-state index contributed by atoms with van der Waals surface area (Å²) in [6, 6.07) is 6.36. The number of benzene rings is 1. The van der Waals surface area contributed by atoms with Crippen LogP contribution in [0.5, 0.6) is 0 Å². The first-order chi connectivity index (χ1) is 28.3. The Hall–Kier alpha value is -2.97. The minimum absolute atomic E-state index is 0.0557. The van der Waals surface area contributed by atoms with Gasteiger partial charge in [-0.15, -0.1) is 0 Å². The molecular weight excluding hydrogens is 802 g/mol. The van der Waals surface area contributed by atoms with E-state index in [1.807, 2.05) is 0 Å². The molecule has 1 amide bonds. The van der Waals surface area contributed by atoms with Gasteiger partial charge in [0.25, 0.3) is 0 Å². The van der Waals surface area contributed by atoms with E-state index in [9.17, 15) is 60.3 Å². The van der Waals surface area contributed by atoms with Gasteiger partial charge in [0.2, 0.25) is 5.91 Å². The first-order valence-electron chi connectivity index (χ1n) is 19.9. The molecule has 60 heavy (non-hydrogen) atoms. The van der Waals surface area contributed by atoms with Gasteiger partial charge in [0.15, 0.2) is 24.5 Å². The van der Waals surface area contributed by atoms with Crippen molar-refractivity contribution in [1.82, 2.24) is 5.32 Å². The van der Waals surface area contributed by atoms with Crippen LogP contribution in [0.3, 0.4) is 0 Å². The molecule has 1 saturated carbocycles. The number of aliphatic hydroxyl groups is 9. The molecule has 21 nitrogen and oxygen atoms in total. The van der Waals surface area contributed by atoms with Gasteiger partial charge in [-0.1, -0.05) is 25.1 Å². The molecular formula is C39H59NO20. The monoisotopic (exact) mass is 861 g/mol. The molecule has 0 radical (unpaired) electrons. The van der Waals surface area contributed by atoms with Gasteiger partial charge >= 0.3 is 11.9 Å². The fraction of sp³-hybridized carbons (Fsp3) is 0.769. The Balaban J connectivity index is 1.53. The maximum Gasteiger partial charge on any atom is 0.338 e. The van der Waals surface area contributed by atoms with E-state index in [4.69, 9.17) is 37.9 Å². The number of hydrogen-bond donors (Lipinski definition) is 10. The van der Waals surface area contributed by atoms with Gasteiger partial charge in [0.05, 0.1) is 62.3 Å². The lowest BCUT2D eigenvalue weighted by atomic mass is 9.78. The lowest BCUT2D eigenvalue weighted by Crippen LogP contribution is -2.68. The lowest BCUT2D eigenvalue weighted by molar-refractivity contribution is -0.381. The van der Waals surface area contributed by atoms with E-state index in [0.717, 1.165) is 6.92 Å². The second-order valence-electron chi connectivity index (χ2n) is 16.1. The van der Waals surface area contributed by atoms with Crippen molar-refractivity contribution < 1.29 is 98.2 Å². The fourth-order valence-corrected chi connectivity index (χ4v) is 8.32. The van der Waals surface area contributed by atoms with Gasteiger partial charge in [-0.2, -0.15) is 0 Å². The van der Waals surface area contributed by atoms with E-state index >= 15 is 0 Å². The van der Waals surface area contributed by atoms with E-state index in [0.29, 0.717) is 0 Å². The first-order valence-corrected chi connectivity index (χ1v) is 19.9. The Morgan fingerprint density at radius 1 is 0.883 bits per heavy atom. The SMILES string of the molecule is COC(=O)C1CC(C)C(OC2OC(C)C(O)C(O)C2O)C(OC2OC(CO)C(O)C(OC3(C)CC(O)C(NC(C)=O)C([C@H](O)[C@H](O)CO)O3)C2OC(=O)c2ccccc2)C1. The molecule has 340 valence electrons. The number of ether oxygens (including phenoxy) is 8. The molecule has 3 saturated heterocycles. The zero-order valence-electron chi connectivity index (χ0n) is 33.9. The number of aliphatic hydroxyl groups excluding tert-OH is 9. The number of esters is 2. The van der Waals surface area contributed by atoms with Crippen LogP contribution in [0.1, 0.15) is 57.3 Å². The molecule has 1 aromatic carbocycles. The Bertz CT molecular complexity index is 1570.